The molecule has 4 rings (SSSR count). The van der Waals surface area contributed by atoms with E-state index in [-0.39, 0.29) is 40.6 Å². The zero-order valence-corrected chi connectivity index (χ0v) is 20.5. The smallest absolute Gasteiger partial charge is 0.366 e. The first kappa shape index (κ1) is 25.9. The number of aryl methyl sites for hydroxylation is 1. The summed E-state index contributed by atoms with van der Waals surface area (Å²) in [5.74, 6) is -1.66. The maximum Gasteiger partial charge on any atom is 0.376 e. The number of primary amides is 1. The van der Waals surface area contributed by atoms with Gasteiger partial charge in [-0.05, 0) is 54.4 Å². The van der Waals surface area contributed by atoms with Crippen LogP contribution in [0.3, 0.4) is 0 Å². The van der Waals surface area contributed by atoms with Gasteiger partial charge < -0.3 is 26.0 Å². The fourth-order valence-corrected chi connectivity index (χ4v) is 4.61. The zero-order valence-electron chi connectivity index (χ0n) is 19.0. The Morgan fingerprint density at radius 1 is 1.06 bits per heavy atom. The molecule has 0 spiro atoms. The number of benzene rings is 3. The molecule has 0 atom stereocenters. The largest absolute Gasteiger partial charge is 0.376 e. The van der Waals surface area contributed by atoms with E-state index in [0.717, 1.165) is 0 Å². The van der Waals surface area contributed by atoms with Gasteiger partial charge in [0.25, 0.3) is 5.91 Å². The first-order valence-electron chi connectivity index (χ1n) is 10.8. The molecule has 0 saturated carbocycles. The average molecular weight is 534 g/mol. The van der Waals surface area contributed by atoms with Crippen molar-refractivity contribution < 1.29 is 29.3 Å². The molecular weight excluding hydrogens is 512 g/mol. The summed E-state index contributed by atoms with van der Waals surface area (Å²) in [7, 11) is 0. The molecule has 11 heteroatoms. The third kappa shape index (κ3) is 4.88. The number of anilines is 2. The molecule has 1 aliphatic rings. The molecule has 2 amide bonds. The van der Waals surface area contributed by atoms with Crippen molar-refractivity contribution in [2.75, 3.05) is 22.9 Å². The van der Waals surface area contributed by atoms with Gasteiger partial charge in [0.05, 0.1) is 35.1 Å². The summed E-state index contributed by atoms with van der Waals surface area (Å²) < 4.78 is 13.8. The highest BCUT2D eigenvalue weighted by Crippen LogP contribution is 2.41. The van der Waals surface area contributed by atoms with Crippen molar-refractivity contribution in [1.29, 1.82) is 0 Å². The van der Waals surface area contributed by atoms with Crippen molar-refractivity contribution in [3.05, 3.63) is 81.3 Å². The molecule has 3 aromatic carbocycles. The molecule has 1 aliphatic heterocycles. The van der Waals surface area contributed by atoms with Crippen molar-refractivity contribution in [3.63, 3.8) is 0 Å². The topological polar surface area (TPSA) is 127 Å². The Balaban J connectivity index is 1.90. The number of carbonyl (C=O) groups is 2. The SMILES string of the molecule is Cc1cccc(Cl)c1C(=O)N(c1ccc(-c2cc(C(N)=O)ccc2Cl)cc1N1CC(F)C1)C(O)(O)O. The normalized spacial score (nSPS) is 13.9. The van der Waals surface area contributed by atoms with Gasteiger partial charge in [-0.25, -0.2) is 9.29 Å². The van der Waals surface area contributed by atoms with Gasteiger partial charge >= 0.3 is 6.10 Å². The summed E-state index contributed by atoms with van der Waals surface area (Å²) >= 11 is 12.6. The summed E-state index contributed by atoms with van der Waals surface area (Å²) in [4.78, 5) is 27.1. The second-order valence-corrected chi connectivity index (χ2v) is 9.25. The Morgan fingerprint density at radius 3 is 2.33 bits per heavy atom. The second-order valence-electron chi connectivity index (χ2n) is 8.44. The van der Waals surface area contributed by atoms with Gasteiger partial charge in [-0.3, -0.25) is 9.59 Å². The number of alkyl halides is 1. The molecule has 3 aromatic rings. The van der Waals surface area contributed by atoms with E-state index >= 15 is 0 Å². The van der Waals surface area contributed by atoms with Crippen LogP contribution in [0, 0.1) is 6.92 Å². The first-order chi connectivity index (χ1) is 16.9. The summed E-state index contributed by atoms with van der Waals surface area (Å²) in [6.45, 7) is 1.54. The van der Waals surface area contributed by atoms with Crippen LogP contribution in [-0.2, 0) is 0 Å². The lowest BCUT2D eigenvalue weighted by Gasteiger charge is -2.40. The predicted octanol–water partition coefficient (Wildman–Crippen LogP) is 3.46. The molecule has 8 nitrogen and oxygen atoms in total. The number of amides is 2. The molecule has 0 aromatic heterocycles. The number of carbonyl (C=O) groups excluding carboxylic acids is 2. The molecule has 36 heavy (non-hydrogen) atoms. The average Bonchev–Trinajstić information content (AvgIpc) is 2.76. The molecular formula is C25H22Cl2FN3O5. The zero-order chi connectivity index (χ0) is 26.4. The molecule has 1 heterocycles. The van der Waals surface area contributed by atoms with Crippen molar-refractivity contribution in [3.8, 4) is 11.1 Å². The highest BCUT2D eigenvalue weighted by molar-refractivity contribution is 6.35. The van der Waals surface area contributed by atoms with E-state index in [0.29, 0.717) is 26.6 Å². The molecule has 1 saturated heterocycles. The van der Waals surface area contributed by atoms with E-state index in [1.54, 1.807) is 30.0 Å². The third-order valence-corrected chi connectivity index (χ3v) is 6.54. The first-order valence-corrected chi connectivity index (χ1v) is 11.5. The van der Waals surface area contributed by atoms with Crippen LogP contribution >= 0.6 is 23.2 Å². The lowest BCUT2D eigenvalue weighted by Crippen LogP contribution is -2.54. The molecule has 0 radical (unpaired) electrons. The van der Waals surface area contributed by atoms with Gasteiger partial charge in [0.2, 0.25) is 5.91 Å². The van der Waals surface area contributed by atoms with E-state index in [1.807, 2.05) is 0 Å². The summed E-state index contributed by atoms with van der Waals surface area (Å²) in [5.41, 5.74) is 6.97. The molecule has 1 fully saturated rings. The van der Waals surface area contributed by atoms with Crippen molar-refractivity contribution in [2.24, 2.45) is 5.73 Å². The molecule has 188 valence electrons. The van der Waals surface area contributed by atoms with E-state index in [2.05, 4.69) is 0 Å². The van der Waals surface area contributed by atoms with Gasteiger partial charge in [0.1, 0.15) is 6.17 Å². The number of nitrogens with two attached hydrogens (primary N) is 1. The Labute approximate surface area is 215 Å². The van der Waals surface area contributed by atoms with Crippen molar-refractivity contribution in [1.82, 2.24) is 0 Å². The number of aliphatic hydroxyl groups is 3. The van der Waals surface area contributed by atoms with E-state index in [1.165, 1.54) is 36.4 Å². The number of hydrogen-bond donors (Lipinski definition) is 4. The van der Waals surface area contributed by atoms with Crippen LogP contribution < -0.4 is 15.5 Å². The minimum atomic E-state index is -3.62. The monoisotopic (exact) mass is 533 g/mol. The fraction of sp³-hybridized carbons (Fsp3) is 0.200. The van der Waals surface area contributed by atoms with Crippen LogP contribution in [-0.4, -0.2) is 52.5 Å². The van der Waals surface area contributed by atoms with Gasteiger partial charge in [-0.15, -0.1) is 0 Å². The molecule has 0 bridgehead atoms. The maximum atomic E-state index is 13.8. The predicted molar refractivity (Wildman–Crippen MR) is 135 cm³/mol. The van der Waals surface area contributed by atoms with E-state index in [4.69, 9.17) is 28.9 Å². The Hall–Kier alpha value is -3.21. The van der Waals surface area contributed by atoms with Gasteiger partial charge in [-0.1, -0.05) is 41.4 Å². The molecule has 0 aliphatic carbocycles. The highest BCUT2D eigenvalue weighted by atomic mass is 35.5. The van der Waals surface area contributed by atoms with Crippen molar-refractivity contribution >= 4 is 46.4 Å². The van der Waals surface area contributed by atoms with Crippen LogP contribution in [0.1, 0.15) is 26.3 Å². The van der Waals surface area contributed by atoms with Gasteiger partial charge in [0.15, 0.2) is 0 Å². The number of rotatable bonds is 6. The van der Waals surface area contributed by atoms with Crippen LogP contribution in [0.5, 0.6) is 0 Å². The lowest BCUT2D eigenvalue weighted by atomic mass is 9.99. The number of halogens is 3. The number of hydrogen-bond acceptors (Lipinski definition) is 6. The van der Waals surface area contributed by atoms with Crippen LogP contribution in [0.25, 0.3) is 11.1 Å². The van der Waals surface area contributed by atoms with E-state index < -0.39 is 24.1 Å². The number of nitrogens with zero attached hydrogens (tertiary/aromatic N) is 2. The Bertz CT molecular complexity index is 1340. The van der Waals surface area contributed by atoms with Gasteiger partial charge in [-0.2, -0.15) is 0 Å². The van der Waals surface area contributed by atoms with E-state index in [9.17, 15) is 29.3 Å². The maximum absolute atomic E-state index is 13.8. The quantitative estimate of drug-likeness (QED) is 0.359. The van der Waals surface area contributed by atoms with Crippen molar-refractivity contribution in [2.45, 2.75) is 19.2 Å². The fourth-order valence-electron chi connectivity index (χ4n) is 4.08. The summed E-state index contributed by atoms with van der Waals surface area (Å²) in [6.07, 6.45) is -4.76. The minimum absolute atomic E-state index is 0.0338. The molecule has 0 unspecified atom stereocenters. The standard InChI is InChI=1S/C25H22Cl2FN3O5/c1-13-3-2-4-19(27)22(13)24(33)31(25(34,35)36)20-8-6-14(10-21(20)30-11-16(28)12-30)17-9-15(23(29)32)5-7-18(17)26/h2-10,16,34-36H,11-12H2,1H3,(H2,29,32). The Morgan fingerprint density at radius 2 is 1.75 bits per heavy atom. The van der Waals surface area contributed by atoms with Gasteiger partial charge in [0, 0.05) is 16.1 Å². The van der Waals surface area contributed by atoms with Crippen LogP contribution in [0.15, 0.2) is 54.6 Å². The minimum Gasteiger partial charge on any atom is -0.366 e. The molecule has 5 N–H and O–H groups in total. The summed E-state index contributed by atoms with van der Waals surface area (Å²) in [5, 5.41) is 31.0. The third-order valence-electron chi connectivity index (χ3n) is 5.89. The van der Waals surface area contributed by atoms with Crippen LogP contribution in [0.2, 0.25) is 10.0 Å². The highest BCUT2D eigenvalue weighted by Gasteiger charge is 2.40. The lowest BCUT2D eigenvalue weighted by molar-refractivity contribution is -0.304. The van der Waals surface area contributed by atoms with Crippen LogP contribution in [0.4, 0.5) is 15.8 Å². The summed E-state index contributed by atoms with van der Waals surface area (Å²) in [6, 6.07) is 13.5. The second kappa shape index (κ2) is 9.68. The Kier molecular flexibility index (Phi) is 6.96.